The molecule has 0 radical (unpaired) electrons. The molecule has 1 unspecified atom stereocenters. The van der Waals surface area contributed by atoms with Gasteiger partial charge in [0.1, 0.15) is 0 Å². The van der Waals surface area contributed by atoms with E-state index in [-0.39, 0.29) is 5.41 Å². The standard InChI is InChI=1S/C13H21NO2S/c1-2-10-3-4-11(17-10)12(15)13(9-14)5-7-16-8-6-13/h3-4,12,15H,2,5-9,14H2,1H3. The van der Waals surface area contributed by atoms with Crippen LogP contribution in [0.15, 0.2) is 12.1 Å². The lowest BCUT2D eigenvalue weighted by Crippen LogP contribution is -2.41. The summed E-state index contributed by atoms with van der Waals surface area (Å²) in [5, 5.41) is 10.6. The van der Waals surface area contributed by atoms with Crippen LogP contribution in [0.4, 0.5) is 0 Å². The van der Waals surface area contributed by atoms with Crippen molar-refractivity contribution in [3.63, 3.8) is 0 Å². The molecule has 1 aliphatic rings. The van der Waals surface area contributed by atoms with Gasteiger partial charge in [0.05, 0.1) is 6.10 Å². The van der Waals surface area contributed by atoms with Crippen LogP contribution < -0.4 is 5.73 Å². The highest BCUT2D eigenvalue weighted by Gasteiger charge is 2.39. The van der Waals surface area contributed by atoms with Crippen LogP contribution in [0.3, 0.4) is 0 Å². The second-order valence-corrected chi connectivity index (χ2v) is 5.94. The number of rotatable bonds is 4. The number of ether oxygens (including phenoxy) is 1. The second-order valence-electron chi connectivity index (χ2n) is 4.74. The van der Waals surface area contributed by atoms with Crippen LogP contribution in [-0.2, 0) is 11.2 Å². The lowest BCUT2D eigenvalue weighted by atomic mass is 9.75. The Balaban J connectivity index is 2.18. The molecule has 17 heavy (non-hydrogen) atoms. The first-order valence-corrected chi connectivity index (χ1v) is 7.08. The first-order valence-electron chi connectivity index (χ1n) is 6.26. The molecule has 0 saturated carbocycles. The summed E-state index contributed by atoms with van der Waals surface area (Å²) in [6.07, 6.45) is 2.28. The first-order chi connectivity index (χ1) is 8.22. The number of hydrogen-bond acceptors (Lipinski definition) is 4. The van der Waals surface area contributed by atoms with Gasteiger partial charge in [0.15, 0.2) is 0 Å². The van der Waals surface area contributed by atoms with Crippen LogP contribution in [0, 0.1) is 5.41 Å². The number of aliphatic hydroxyl groups excluding tert-OH is 1. The third-order valence-corrected chi connectivity index (χ3v) is 5.06. The van der Waals surface area contributed by atoms with E-state index in [4.69, 9.17) is 10.5 Å². The maximum Gasteiger partial charge on any atom is 0.0951 e. The van der Waals surface area contributed by atoms with E-state index in [1.54, 1.807) is 11.3 Å². The Bertz CT molecular complexity index is 358. The van der Waals surface area contributed by atoms with Crippen LogP contribution in [0.1, 0.15) is 35.6 Å². The largest absolute Gasteiger partial charge is 0.387 e. The van der Waals surface area contributed by atoms with Gasteiger partial charge in [-0.15, -0.1) is 11.3 Å². The van der Waals surface area contributed by atoms with E-state index in [2.05, 4.69) is 13.0 Å². The van der Waals surface area contributed by atoms with Crippen LogP contribution in [0.2, 0.25) is 0 Å². The highest BCUT2D eigenvalue weighted by Crippen LogP contribution is 2.43. The van der Waals surface area contributed by atoms with Crippen molar-refractivity contribution in [3.8, 4) is 0 Å². The van der Waals surface area contributed by atoms with Gasteiger partial charge in [-0.25, -0.2) is 0 Å². The quantitative estimate of drug-likeness (QED) is 0.866. The third-order valence-electron chi connectivity index (χ3n) is 3.78. The van der Waals surface area contributed by atoms with Crippen LogP contribution in [0.25, 0.3) is 0 Å². The minimum Gasteiger partial charge on any atom is -0.387 e. The molecule has 1 aromatic heterocycles. The molecule has 0 amide bonds. The summed E-state index contributed by atoms with van der Waals surface area (Å²) in [5.74, 6) is 0. The fourth-order valence-corrected chi connectivity index (χ4v) is 3.48. The zero-order valence-corrected chi connectivity index (χ0v) is 11.1. The van der Waals surface area contributed by atoms with E-state index in [1.165, 1.54) is 4.88 Å². The minimum atomic E-state index is -0.443. The molecule has 0 bridgehead atoms. The van der Waals surface area contributed by atoms with Gasteiger partial charge in [-0.3, -0.25) is 0 Å². The molecule has 1 aromatic rings. The molecule has 1 aliphatic heterocycles. The zero-order chi connectivity index (χ0) is 12.3. The van der Waals surface area contributed by atoms with Crippen LogP contribution in [-0.4, -0.2) is 24.9 Å². The summed E-state index contributed by atoms with van der Waals surface area (Å²) in [7, 11) is 0. The molecule has 1 fully saturated rings. The molecule has 0 spiro atoms. The zero-order valence-electron chi connectivity index (χ0n) is 10.3. The smallest absolute Gasteiger partial charge is 0.0951 e. The fraction of sp³-hybridized carbons (Fsp3) is 0.692. The summed E-state index contributed by atoms with van der Waals surface area (Å²) in [5.41, 5.74) is 5.72. The number of nitrogens with two attached hydrogens (primary N) is 1. The predicted molar refractivity (Wildman–Crippen MR) is 70.2 cm³/mol. The second kappa shape index (κ2) is 5.48. The summed E-state index contributed by atoms with van der Waals surface area (Å²) in [6.45, 7) is 4.08. The summed E-state index contributed by atoms with van der Waals surface area (Å²) >= 11 is 1.70. The van der Waals surface area contributed by atoms with Gasteiger partial charge >= 0.3 is 0 Å². The molecule has 1 saturated heterocycles. The molecule has 2 rings (SSSR count). The van der Waals surface area contributed by atoms with E-state index in [0.717, 1.165) is 24.1 Å². The van der Waals surface area contributed by atoms with Gasteiger partial charge in [-0.1, -0.05) is 6.92 Å². The normalized spacial score (nSPS) is 21.4. The van der Waals surface area contributed by atoms with E-state index in [1.807, 2.05) is 6.07 Å². The molecule has 0 aromatic carbocycles. The summed E-state index contributed by atoms with van der Waals surface area (Å²) in [4.78, 5) is 2.37. The van der Waals surface area contributed by atoms with Crippen molar-refractivity contribution in [2.75, 3.05) is 19.8 Å². The van der Waals surface area contributed by atoms with E-state index in [9.17, 15) is 5.11 Å². The van der Waals surface area contributed by atoms with Gasteiger partial charge in [-0.05, 0) is 31.4 Å². The summed E-state index contributed by atoms with van der Waals surface area (Å²) < 4.78 is 5.38. The first kappa shape index (κ1) is 13.0. The van der Waals surface area contributed by atoms with E-state index in [0.29, 0.717) is 19.8 Å². The topological polar surface area (TPSA) is 55.5 Å². The minimum absolute atomic E-state index is 0.186. The lowest BCUT2D eigenvalue weighted by Gasteiger charge is -2.39. The van der Waals surface area contributed by atoms with Gasteiger partial charge in [0.2, 0.25) is 0 Å². The van der Waals surface area contributed by atoms with Crippen molar-refractivity contribution in [3.05, 3.63) is 21.9 Å². The monoisotopic (exact) mass is 255 g/mol. The molecule has 1 atom stereocenters. The highest BCUT2D eigenvalue weighted by molar-refractivity contribution is 7.12. The molecule has 3 N–H and O–H groups in total. The average molecular weight is 255 g/mol. The molecule has 3 nitrogen and oxygen atoms in total. The van der Waals surface area contributed by atoms with Crippen molar-refractivity contribution in [2.45, 2.75) is 32.3 Å². The maximum atomic E-state index is 10.6. The Labute approximate surface area is 107 Å². The average Bonchev–Trinajstić information content (AvgIpc) is 2.87. The Morgan fingerprint density at radius 1 is 1.47 bits per heavy atom. The molecule has 96 valence electrons. The van der Waals surface area contributed by atoms with Crippen LogP contribution >= 0.6 is 11.3 Å². The van der Waals surface area contributed by atoms with Crippen molar-refractivity contribution >= 4 is 11.3 Å². The number of aliphatic hydroxyl groups is 1. The number of thiophene rings is 1. The Morgan fingerprint density at radius 2 is 2.18 bits per heavy atom. The van der Waals surface area contributed by atoms with Crippen LogP contribution in [0.5, 0.6) is 0 Å². The van der Waals surface area contributed by atoms with Crippen molar-refractivity contribution in [1.82, 2.24) is 0 Å². The van der Waals surface area contributed by atoms with Gasteiger partial charge in [-0.2, -0.15) is 0 Å². The van der Waals surface area contributed by atoms with E-state index >= 15 is 0 Å². The molecule has 2 heterocycles. The molecule has 0 aliphatic carbocycles. The van der Waals surface area contributed by atoms with Gasteiger partial charge in [0, 0.05) is 34.9 Å². The van der Waals surface area contributed by atoms with Crippen molar-refractivity contribution < 1.29 is 9.84 Å². The van der Waals surface area contributed by atoms with Crippen molar-refractivity contribution in [1.29, 1.82) is 0 Å². The highest BCUT2D eigenvalue weighted by atomic mass is 32.1. The van der Waals surface area contributed by atoms with E-state index < -0.39 is 6.10 Å². The molecular formula is C13H21NO2S. The maximum absolute atomic E-state index is 10.6. The third kappa shape index (κ3) is 2.55. The Kier molecular flexibility index (Phi) is 4.20. The molecule has 4 heteroatoms. The van der Waals surface area contributed by atoms with Crippen molar-refractivity contribution in [2.24, 2.45) is 11.1 Å². The predicted octanol–water partition coefficient (Wildman–Crippen LogP) is 2.10. The SMILES string of the molecule is CCc1ccc(C(O)C2(CN)CCOCC2)s1. The lowest BCUT2D eigenvalue weighted by molar-refractivity contribution is -0.0567. The Hall–Kier alpha value is -0.420. The Morgan fingerprint density at radius 3 is 2.71 bits per heavy atom. The molecular weight excluding hydrogens is 234 g/mol. The van der Waals surface area contributed by atoms with Gasteiger partial charge < -0.3 is 15.6 Å². The summed E-state index contributed by atoms with van der Waals surface area (Å²) in [6, 6.07) is 4.15. The number of aryl methyl sites for hydroxylation is 1. The number of hydrogen-bond donors (Lipinski definition) is 2. The fourth-order valence-electron chi connectivity index (χ4n) is 2.40. The van der Waals surface area contributed by atoms with Gasteiger partial charge in [0.25, 0.3) is 0 Å².